The molecule has 4 heteroatoms. The fourth-order valence-electron chi connectivity index (χ4n) is 3.52. The summed E-state index contributed by atoms with van der Waals surface area (Å²) in [6, 6.07) is 6.45. The van der Waals surface area contributed by atoms with Gasteiger partial charge in [-0.1, -0.05) is 12.1 Å². The summed E-state index contributed by atoms with van der Waals surface area (Å²) in [5, 5.41) is 9.30. The van der Waals surface area contributed by atoms with Crippen LogP contribution in [0, 0.1) is 0 Å². The molecule has 1 aromatic carbocycles. The van der Waals surface area contributed by atoms with Gasteiger partial charge in [-0.05, 0) is 59.1 Å². The number of carbonyl (C=O) groups excluding carboxylic acids is 1. The van der Waals surface area contributed by atoms with E-state index in [0.29, 0.717) is 0 Å². The summed E-state index contributed by atoms with van der Waals surface area (Å²) in [6.45, 7) is 8.20. The Hall–Kier alpha value is -1.84. The maximum atomic E-state index is 13.0. The fraction of sp³-hybridized carbons (Fsp3) is 0.529. The van der Waals surface area contributed by atoms with Crippen LogP contribution in [0.4, 0.5) is 0 Å². The molecule has 0 aliphatic carbocycles. The SMILES string of the molecule is CC1(C)CCCC(C)(C)N1C(=O)c1ccccc1C(=O)O. The predicted molar refractivity (Wildman–Crippen MR) is 81.6 cm³/mol. The molecule has 1 heterocycles. The van der Waals surface area contributed by atoms with Crippen LogP contribution in [-0.4, -0.2) is 33.0 Å². The highest BCUT2D eigenvalue weighted by Gasteiger charge is 2.44. The summed E-state index contributed by atoms with van der Waals surface area (Å²) in [5.41, 5.74) is -0.206. The second kappa shape index (κ2) is 5.17. The van der Waals surface area contributed by atoms with Crippen LogP contribution in [0.15, 0.2) is 24.3 Å². The van der Waals surface area contributed by atoms with Crippen molar-refractivity contribution >= 4 is 11.9 Å². The first-order chi connectivity index (χ1) is 9.67. The number of hydrogen-bond acceptors (Lipinski definition) is 2. The zero-order chi connectivity index (χ0) is 15.8. The van der Waals surface area contributed by atoms with Crippen LogP contribution in [0.2, 0.25) is 0 Å². The first-order valence-electron chi connectivity index (χ1n) is 7.34. The van der Waals surface area contributed by atoms with Gasteiger partial charge in [-0.25, -0.2) is 4.79 Å². The molecule has 0 saturated carbocycles. The van der Waals surface area contributed by atoms with E-state index in [0.717, 1.165) is 19.3 Å². The second-order valence-corrected chi connectivity index (χ2v) is 6.97. The lowest BCUT2D eigenvalue weighted by molar-refractivity contribution is -0.0113. The molecule has 0 atom stereocenters. The summed E-state index contributed by atoms with van der Waals surface area (Å²) in [5.74, 6) is -1.26. The van der Waals surface area contributed by atoms with Crippen molar-refractivity contribution in [2.24, 2.45) is 0 Å². The highest BCUT2D eigenvalue weighted by molar-refractivity contribution is 6.05. The Morgan fingerprint density at radius 3 is 1.95 bits per heavy atom. The number of hydrogen-bond donors (Lipinski definition) is 1. The number of carbonyl (C=O) groups is 2. The van der Waals surface area contributed by atoms with Gasteiger partial charge in [0, 0.05) is 11.1 Å². The number of rotatable bonds is 2. The number of nitrogens with zero attached hydrogens (tertiary/aromatic N) is 1. The van der Waals surface area contributed by atoms with Crippen molar-refractivity contribution in [3.05, 3.63) is 35.4 Å². The molecule has 114 valence electrons. The van der Waals surface area contributed by atoms with Crippen LogP contribution >= 0.6 is 0 Å². The smallest absolute Gasteiger partial charge is 0.336 e. The van der Waals surface area contributed by atoms with Crippen LogP contribution in [-0.2, 0) is 0 Å². The minimum atomic E-state index is -1.06. The lowest BCUT2D eigenvalue weighted by Crippen LogP contribution is -2.61. The Labute approximate surface area is 125 Å². The Kier molecular flexibility index (Phi) is 3.83. The summed E-state index contributed by atoms with van der Waals surface area (Å²) in [7, 11) is 0. The molecule has 0 bridgehead atoms. The highest BCUT2D eigenvalue weighted by Crippen LogP contribution is 2.39. The molecule has 1 aromatic rings. The number of piperidine rings is 1. The van der Waals surface area contributed by atoms with E-state index in [4.69, 9.17) is 0 Å². The molecular weight excluding hydrogens is 266 g/mol. The Morgan fingerprint density at radius 2 is 1.48 bits per heavy atom. The molecule has 0 unspecified atom stereocenters. The monoisotopic (exact) mass is 289 g/mol. The van der Waals surface area contributed by atoms with Crippen LogP contribution < -0.4 is 0 Å². The lowest BCUT2D eigenvalue weighted by Gasteiger charge is -2.53. The first kappa shape index (κ1) is 15.5. The first-order valence-corrected chi connectivity index (χ1v) is 7.34. The van der Waals surface area contributed by atoms with Crippen molar-refractivity contribution in [3.63, 3.8) is 0 Å². The zero-order valence-electron chi connectivity index (χ0n) is 13.1. The molecule has 0 aromatic heterocycles. The standard InChI is InChI=1S/C17H23NO3/c1-16(2)10-7-11-17(3,4)18(16)14(19)12-8-5-6-9-13(12)15(20)21/h5-6,8-9H,7,10-11H2,1-4H3,(H,20,21). The van der Waals surface area contributed by atoms with Crippen molar-refractivity contribution < 1.29 is 14.7 Å². The van der Waals surface area contributed by atoms with Crippen molar-refractivity contribution in [2.45, 2.75) is 58.0 Å². The quantitative estimate of drug-likeness (QED) is 0.905. The number of benzene rings is 1. The van der Waals surface area contributed by atoms with E-state index in [1.807, 2.05) is 4.90 Å². The molecule has 1 saturated heterocycles. The van der Waals surface area contributed by atoms with Crippen LogP contribution in [0.25, 0.3) is 0 Å². The highest BCUT2D eigenvalue weighted by atomic mass is 16.4. The van der Waals surface area contributed by atoms with E-state index in [9.17, 15) is 14.7 Å². The fourth-order valence-corrected chi connectivity index (χ4v) is 3.52. The van der Waals surface area contributed by atoms with Gasteiger partial charge < -0.3 is 10.0 Å². The normalized spacial score (nSPS) is 20.1. The van der Waals surface area contributed by atoms with Crippen molar-refractivity contribution in [1.82, 2.24) is 4.90 Å². The van der Waals surface area contributed by atoms with Gasteiger partial charge in [0.2, 0.25) is 0 Å². The molecular formula is C17H23NO3. The van der Waals surface area contributed by atoms with E-state index >= 15 is 0 Å². The molecule has 1 aliphatic heterocycles. The number of likely N-dealkylation sites (tertiary alicyclic amines) is 1. The van der Waals surface area contributed by atoms with Gasteiger partial charge in [-0.2, -0.15) is 0 Å². The molecule has 21 heavy (non-hydrogen) atoms. The third-order valence-corrected chi connectivity index (χ3v) is 4.38. The van der Waals surface area contributed by atoms with Gasteiger partial charge in [0.25, 0.3) is 5.91 Å². The molecule has 1 N–H and O–H groups in total. The number of carboxylic acid groups (broad SMARTS) is 1. The van der Waals surface area contributed by atoms with Gasteiger partial charge >= 0.3 is 5.97 Å². The minimum absolute atomic E-state index is 0.0691. The minimum Gasteiger partial charge on any atom is -0.478 e. The molecule has 2 rings (SSSR count). The van der Waals surface area contributed by atoms with Crippen molar-refractivity contribution in [3.8, 4) is 0 Å². The van der Waals surface area contributed by atoms with Crippen molar-refractivity contribution in [1.29, 1.82) is 0 Å². The molecule has 1 amide bonds. The van der Waals surface area contributed by atoms with Gasteiger partial charge in [0.1, 0.15) is 0 Å². The average Bonchev–Trinajstić information content (AvgIpc) is 2.36. The van der Waals surface area contributed by atoms with Crippen molar-refractivity contribution in [2.75, 3.05) is 0 Å². The third kappa shape index (κ3) is 2.80. The molecule has 4 nitrogen and oxygen atoms in total. The van der Waals surface area contributed by atoms with Gasteiger partial charge in [0.15, 0.2) is 0 Å². The molecule has 0 spiro atoms. The number of carboxylic acids is 1. The van der Waals surface area contributed by atoms with Gasteiger partial charge in [-0.15, -0.1) is 0 Å². The summed E-state index contributed by atoms with van der Waals surface area (Å²) in [4.78, 5) is 26.2. The Morgan fingerprint density at radius 1 is 1.00 bits per heavy atom. The number of amides is 1. The van der Waals surface area contributed by atoms with E-state index in [2.05, 4.69) is 27.7 Å². The largest absolute Gasteiger partial charge is 0.478 e. The number of aromatic carboxylic acids is 1. The van der Waals surface area contributed by atoms with Crippen LogP contribution in [0.3, 0.4) is 0 Å². The van der Waals surface area contributed by atoms with E-state index in [1.54, 1.807) is 18.2 Å². The molecule has 1 fully saturated rings. The average molecular weight is 289 g/mol. The summed E-state index contributed by atoms with van der Waals surface area (Å²) >= 11 is 0. The Bertz CT molecular complexity index is 559. The van der Waals surface area contributed by atoms with E-state index in [1.165, 1.54) is 6.07 Å². The second-order valence-electron chi connectivity index (χ2n) is 6.97. The maximum absolute atomic E-state index is 13.0. The third-order valence-electron chi connectivity index (χ3n) is 4.38. The van der Waals surface area contributed by atoms with E-state index in [-0.39, 0.29) is 28.1 Å². The summed E-state index contributed by atoms with van der Waals surface area (Å²) < 4.78 is 0. The summed E-state index contributed by atoms with van der Waals surface area (Å²) in [6.07, 6.45) is 2.93. The topological polar surface area (TPSA) is 57.6 Å². The molecule has 0 radical (unpaired) electrons. The lowest BCUT2D eigenvalue weighted by atomic mass is 9.79. The van der Waals surface area contributed by atoms with E-state index < -0.39 is 5.97 Å². The Balaban J connectivity index is 2.50. The maximum Gasteiger partial charge on any atom is 0.336 e. The van der Waals surface area contributed by atoms with Gasteiger partial charge in [-0.3, -0.25) is 4.79 Å². The van der Waals surface area contributed by atoms with Crippen LogP contribution in [0.1, 0.15) is 67.7 Å². The zero-order valence-corrected chi connectivity index (χ0v) is 13.1. The predicted octanol–water partition coefficient (Wildman–Crippen LogP) is 3.57. The van der Waals surface area contributed by atoms with Gasteiger partial charge in [0.05, 0.1) is 11.1 Å². The van der Waals surface area contributed by atoms with Crippen LogP contribution in [0.5, 0.6) is 0 Å². The molecule has 1 aliphatic rings.